The lowest BCUT2D eigenvalue weighted by molar-refractivity contribution is -0.141. The second kappa shape index (κ2) is 6.72. The number of anilines is 1. The van der Waals surface area contributed by atoms with Crippen LogP contribution in [0.1, 0.15) is 20.3 Å². The third kappa shape index (κ3) is 3.61. The van der Waals surface area contributed by atoms with Gasteiger partial charge in [-0.15, -0.1) is 10.2 Å². The summed E-state index contributed by atoms with van der Waals surface area (Å²) in [6, 6.07) is 7.07. The molecule has 1 unspecified atom stereocenters. The molecule has 1 N–H and O–H groups in total. The lowest BCUT2D eigenvalue weighted by atomic mass is 10.0. The fraction of sp³-hybridized carbons (Fsp3) is 0.400. The number of ether oxygens (including phenoxy) is 1. The van der Waals surface area contributed by atoms with Crippen LogP contribution in [-0.2, 0) is 9.53 Å². The Morgan fingerprint density at radius 3 is 2.57 bits per heavy atom. The van der Waals surface area contributed by atoms with Gasteiger partial charge in [-0.05, 0) is 12.3 Å². The monoisotopic (exact) mass is 307 g/mol. The number of fused-ring (bicyclic) bond motifs is 1. The molecule has 6 heteroatoms. The van der Waals surface area contributed by atoms with Gasteiger partial charge < -0.3 is 10.1 Å². The van der Waals surface area contributed by atoms with Crippen LogP contribution < -0.4 is 5.32 Å². The summed E-state index contributed by atoms with van der Waals surface area (Å²) in [5.41, 5.74) is 0. The number of hydrogen-bond acceptors (Lipinski definition) is 5. The zero-order valence-electron chi connectivity index (χ0n) is 12.3. The quantitative estimate of drug-likeness (QED) is 0.859. The van der Waals surface area contributed by atoms with Crippen molar-refractivity contribution in [3.63, 3.8) is 0 Å². The number of methoxy groups -OCH3 is 1. The van der Waals surface area contributed by atoms with E-state index in [4.69, 9.17) is 16.3 Å². The molecule has 0 amide bonds. The van der Waals surface area contributed by atoms with Crippen molar-refractivity contribution in [3.05, 3.63) is 29.4 Å². The van der Waals surface area contributed by atoms with Crippen LogP contribution in [0.5, 0.6) is 0 Å². The predicted octanol–water partition coefficient (Wildman–Crippen LogP) is 3.28. The summed E-state index contributed by atoms with van der Waals surface area (Å²) in [5, 5.41) is 13.1. The molecule has 0 aliphatic heterocycles. The number of esters is 1. The minimum absolute atomic E-state index is 0.315. The van der Waals surface area contributed by atoms with E-state index in [1.54, 1.807) is 0 Å². The smallest absolute Gasteiger partial charge is 0.328 e. The summed E-state index contributed by atoms with van der Waals surface area (Å²) < 4.78 is 4.85. The molecule has 1 aromatic carbocycles. The van der Waals surface area contributed by atoms with E-state index in [-0.39, 0.29) is 5.97 Å². The van der Waals surface area contributed by atoms with Gasteiger partial charge in [0, 0.05) is 10.8 Å². The number of carbonyl (C=O) groups is 1. The Labute approximate surface area is 128 Å². The molecule has 0 saturated carbocycles. The topological polar surface area (TPSA) is 64.1 Å². The van der Waals surface area contributed by atoms with E-state index in [0.717, 1.165) is 10.8 Å². The van der Waals surface area contributed by atoms with Crippen LogP contribution in [-0.4, -0.2) is 29.3 Å². The van der Waals surface area contributed by atoms with Crippen molar-refractivity contribution < 1.29 is 9.53 Å². The molecule has 1 aromatic heterocycles. The highest BCUT2D eigenvalue weighted by molar-refractivity contribution is 6.34. The number of aromatic nitrogens is 2. The first kappa shape index (κ1) is 15.5. The van der Waals surface area contributed by atoms with Crippen molar-refractivity contribution in [2.24, 2.45) is 5.92 Å². The lowest BCUT2D eigenvalue weighted by Crippen LogP contribution is -2.32. The Morgan fingerprint density at radius 2 is 1.95 bits per heavy atom. The molecule has 0 fully saturated rings. The van der Waals surface area contributed by atoms with Gasteiger partial charge >= 0.3 is 5.97 Å². The molecule has 0 radical (unpaired) electrons. The van der Waals surface area contributed by atoms with Gasteiger partial charge in [0.1, 0.15) is 6.04 Å². The van der Waals surface area contributed by atoms with E-state index >= 15 is 0 Å². The number of hydrogen-bond donors (Lipinski definition) is 1. The molecular weight excluding hydrogens is 290 g/mol. The van der Waals surface area contributed by atoms with E-state index < -0.39 is 6.04 Å². The maximum Gasteiger partial charge on any atom is 0.328 e. The average molecular weight is 308 g/mol. The third-order valence-electron chi connectivity index (χ3n) is 3.15. The molecule has 0 spiro atoms. The van der Waals surface area contributed by atoms with Crippen molar-refractivity contribution in [1.29, 1.82) is 0 Å². The first-order valence-corrected chi connectivity index (χ1v) is 7.16. The van der Waals surface area contributed by atoms with Crippen LogP contribution in [0.3, 0.4) is 0 Å². The second-order valence-corrected chi connectivity index (χ2v) is 5.59. The fourth-order valence-electron chi connectivity index (χ4n) is 2.17. The van der Waals surface area contributed by atoms with Crippen LogP contribution >= 0.6 is 11.6 Å². The Morgan fingerprint density at radius 1 is 1.29 bits per heavy atom. The van der Waals surface area contributed by atoms with Crippen molar-refractivity contribution in [1.82, 2.24) is 10.2 Å². The van der Waals surface area contributed by atoms with Crippen molar-refractivity contribution in [2.45, 2.75) is 26.3 Å². The van der Waals surface area contributed by atoms with Gasteiger partial charge in [-0.1, -0.05) is 49.7 Å². The minimum atomic E-state index is -0.464. The first-order valence-electron chi connectivity index (χ1n) is 6.78. The van der Waals surface area contributed by atoms with Gasteiger partial charge in [0.2, 0.25) is 0 Å². The van der Waals surface area contributed by atoms with Gasteiger partial charge in [-0.2, -0.15) is 0 Å². The van der Waals surface area contributed by atoms with Crippen LogP contribution in [0.25, 0.3) is 10.8 Å². The summed E-state index contributed by atoms with van der Waals surface area (Å²) in [5.74, 6) is 0.559. The van der Waals surface area contributed by atoms with Gasteiger partial charge in [0.05, 0.1) is 7.11 Å². The van der Waals surface area contributed by atoms with E-state index in [2.05, 4.69) is 15.5 Å². The molecule has 21 heavy (non-hydrogen) atoms. The van der Waals surface area contributed by atoms with Crippen LogP contribution in [0.2, 0.25) is 5.15 Å². The summed E-state index contributed by atoms with van der Waals surface area (Å²) in [6.07, 6.45) is 0.644. The van der Waals surface area contributed by atoms with E-state index in [1.807, 2.05) is 38.1 Å². The summed E-state index contributed by atoms with van der Waals surface area (Å²) in [4.78, 5) is 11.9. The average Bonchev–Trinajstić information content (AvgIpc) is 2.48. The van der Waals surface area contributed by atoms with Crippen LogP contribution in [0, 0.1) is 5.92 Å². The van der Waals surface area contributed by atoms with Crippen molar-refractivity contribution in [3.8, 4) is 0 Å². The van der Waals surface area contributed by atoms with E-state index in [9.17, 15) is 4.79 Å². The first-order chi connectivity index (χ1) is 10.0. The third-order valence-corrected chi connectivity index (χ3v) is 3.43. The van der Waals surface area contributed by atoms with Crippen LogP contribution in [0.4, 0.5) is 5.82 Å². The van der Waals surface area contributed by atoms with Gasteiger partial charge in [-0.3, -0.25) is 0 Å². The van der Waals surface area contributed by atoms with E-state index in [0.29, 0.717) is 23.3 Å². The molecular formula is C15H18ClN3O2. The molecule has 0 saturated heterocycles. The fourth-order valence-corrected chi connectivity index (χ4v) is 2.37. The number of carbonyl (C=O) groups excluding carboxylic acids is 1. The minimum Gasteiger partial charge on any atom is -0.467 e. The highest BCUT2D eigenvalue weighted by Crippen LogP contribution is 2.26. The Balaban J connectivity index is 2.37. The van der Waals surface area contributed by atoms with Crippen molar-refractivity contribution >= 4 is 34.2 Å². The summed E-state index contributed by atoms with van der Waals surface area (Å²) in [7, 11) is 1.38. The van der Waals surface area contributed by atoms with Gasteiger partial charge in [0.15, 0.2) is 11.0 Å². The standard InChI is InChI=1S/C15H18ClN3O2/c1-9(2)8-12(15(20)21-3)17-14-11-7-5-4-6-10(11)13(16)18-19-14/h4-7,9,12H,8H2,1-3H3,(H,17,19). The molecule has 0 aliphatic carbocycles. The molecule has 1 atom stereocenters. The number of halogens is 1. The normalized spacial score (nSPS) is 12.4. The molecule has 1 heterocycles. The lowest BCUT2D eigenvalue weighted by Gasteiger charge is -2.19. The number of nitrogens with zero attached hydrogens (tertiary/aromatic N) is 2. The number of rotatable bonds is 5. The maximum absolute atomic E-state index is 11.9. The second-order valence-electron chi connectivity index (χ2n) is 5.23. The molecule has 112 valence electrons. The van der Waals surface area contributed by atoms with Gasteiger partial charge in [0.25, 0.3) is 0 Å². The largest absolute Gasteiger partial charge is 0.467 e. The molecule has 0 bridgehead atoms. The van der Waals surface area contributed by atoms with Gasteiger partial charge in [-0.25, -0.2) is 4.79 Å². The molecule has 2 rings (SSSR count). The zero-order valence-corrected chi connectivity index (χ0v) is 13.0. The van der Waals surface area contributed by atoms with E-state index in [1.165, 1.54) is 7.11 Å². The molecule has 0 aliphatic rings. The SMILES string of the molecule is COC(=O)C(CC(C)C)Nc1nnc(Cl)c2ccccc12. The Kier molecular flexibility index (Phi) is 4.96. The predicted molar refractivity (Wildman–Crippen MR) is 83.4 cm³/mol. The highest BCUT2D eigenvalue weighted by atomic mass is 35.5. The Bertz CT molecular complexity index is 646. The molecule has 2 aromatic rings. The number of benzene rings is 1. The van der Waals surface area contributed by atoms with Crippen molar-refractivity contribution in [2.75, 3.05) is 12.4 Å². The zero-order chi connectivity index (χ0) is 15.4. The Hall–Kier alpha value is -1.88. The summed E-state index contributed by atoms with van der Waals surface area (Å²) in [6.45, 7) is 4.09. The van der Waals surface area contributed by atoms with Crippen LogP contribution in [0.15, 0.2) is 24.3 Å². The summed E-state index contributed by atoms with van der Waals surface area (Å²) >= 11 is 6.05. The molecule has 5 nitrogen and oxygen atoms in total. The number of nitrogens with one attached hydrogen (secondary N) is 1. The highest BCUT2D eigenvalue weighted by Gasteiger charge is 2.22. The maximum atomic E-state index is 11.9.